The number of hydrogen-bond acceptors (Lipinski definition) is 6. The minimum atomic E-state index is -3.78. The van der Waals surface area contributed by atoms with Crippen LogP contribution in [0, 0.1) is 16.0 Å². The van der Waals surface area contributed by atoms with E-state index in [1.807, 2.05) is 6.92 Å². The van der Waals surface area contributed by atoms with Crippen LogP contribution in [0.3, 0.4) is 0 Å². The number of carbonyl (C=O) groups is 1. The second kappa shape index (κ2) is 7.81. The molecular weight excluding hydrogens is 372 g/mol. The van der Waals surface area contributed by atoms with Crippen molar-refractivity contribution in [1.29, 1.82) is 0 Å². The first-order chi connectivity index (χ1) is 12.8. The highest BCUT2D eigenvalue weighted by atomic mass is 32.2. The van der Waals surface area contributed by atoms with Crippen LogP contribution in [0.2, 0.25) is 0 Å². The van der Waals surface area contributed by atoms with Gasteiger partial charge in [-0.15, -0.1) is 0 Å². The van der Waals surface area contributed by atoms with Gasteiger partial charge in [-0.05, 0) is 43.7 Å². The summed E-state index contributed by atoms with van der Waals surface area (Å²) in [6.07, 6.45) is 3.65. The molecule has 148 valence electrons. The first-order valence-electron chi connectivity index (χ1n) is 9.09. The van der Waals surface area contributed by atoms with E-state index in [-0.39, 0.29) is 40.7 Å². The molecule has 3 rings (SSSR count). The Bertz CT molecular complexity index is 838. The number of nitro benzene ring substituents is 1. The van der Waals surface area contributed by atoms with Gasteiger partial charge in [-0.25, -0.2) is 8.42 Å². The van der Waals surface area contributed by atoms with Crippen LogP contribution in [0.1, 0.15) is 32.6 Å². The van der Waals surface area contributed by atoms with Crippen molar-refractivity contribution in [2.45, 2.75) is 43.5 Å². The topological polar surface area (TPSA) is 122 Å². The molecule has 9 nitrogen and oxygen atoms in total. The Kier molecular flexibility index (Phi) is 5.66. The fourth-order valence-electron chi connectivity index (χ4n) is 3.17. The average Bonchev–Trinajstić information content (AvgIpc) is 3.43. The Morgan fingerprint density at radius 2 is 2.07 bits per heavy atom. The molecule has 0 spiro atoms. The maximum absolute atomic E-state index is 12.8. The van der Waals surface area contributed by atoms with Gasteiger partial charge >= 0.3 is 0 Å². The summed E-state index contributed by atoms with van der Waals surface area (Å²) < 4.78 is 27.0. The minimum Gasteiger partial charge on any atom is -0.371 e. The van der Waals surface area contributed by atoms with Crippen LogP contribution in [0.25, 0.3) is 0 Å². The molecule has 1 aromatic carbocycles. The summed E-state index contributed by atoms with van der Waals surface area (Å²) in [5.41, 5.74) is -0.239. The lowest BCUT2D eigenvalue weighted by molar-refractivity contribution is -0.384. The number of piperidine rings is 1. The van der Waals surface area contributed by atoms with Crippen LogP contribution in [0.15, 0.2) is 23.1 Å². The quantitative estimate of drug-likeness (QED) is 0.534. The zero-order chi connectivity index (χ0) is 19.6. The van der Waals surface area contributed by atoms with Crippen LogP contribution in [0.5, 0.6) is 0 Å². The molecule has 27 heavy (non-hydrogen) atoms. The van der Waals surface area contributed by atoms with Crippen molar-refractivity contribution in [3.8, 4) is 0 Å². The second-order valence-corrected chi connectivity index (χ2v) is 9.18. The van der Waals surface area contributed by atoms with Gasteiger partial charge in [0.25, 0.3) is 5.69 Å². The van der Waals surface area contributed by atoms with Crippen LogP contribution in [-0.2, 0) is 14.8 Å². The Morgan fingerprint density at radius 1 is 1.33 bits per heavy atom. The van der Waals surface area contributed by atoms with E-state index in [0.29, 0.717) is 13.1 Å². The maximum atomic E-state index is 12.8. The summed E-state index contributed by atoms with van der Waals surface area (Å²) >= 11 is 0. The van der Waals surface area contributed by atoms with Gasteiger partial charge in [-0.2, -0.15) is 4.31 Å². The van der Waals surface area contributed by atoms with E-state index < -0.39 is 14.9 Å². The van der Waals surface area contributed by atoms with Gasteiger partial charge in [0, 0.05) is 25.2 Å². The van der Waals surface area contributed by atoms with E-state index in [4.69, 9.17) is 0 Å². The molecule has 1 aliphatic heterocycles. The summed E-state index contributed by atoms with van der Waals surface area (Å²) in [6.45, 7) is 2.72. The third kappa shape index (κ3) is 4.75. The molecular formula is C17H24N4O5S. The fourth-order valence-corrected chi connectivity index (χ4v) is 4.79. The predicted molar refractivity (Wildman–Crippen MR) is 99.9 cm³/mol. The lowest BCUT2D eigenvalue weighted by Gasteiger charge is -2.30. The number of nitrogens with zero attached hydrogens (tertiary/aromatic N) is 2. The van der Waals surface area contributed by atoms with Crippen molar-refractivity contribution in [2.75, 3.05) is 25.0 Å². The Hall–Kier alpha value is -2.20. The molecule has 1 aliphatic carbocycles. The monoisotopic (exact) mass is 396 g/mol. The number of nitro groups is 1. The number of benzene rings is 1. The molecule has 2 aliphatic rings. The highest BCUT2D eigenvalue weighted by Crippen LogP contribution is 2.30. The van der Waals surface area contributed by atoms with E-state index in [1.165, 1.54) is 16.4 Å². The lowest BCUT2D eigenvalue weighted by Crippen LogP contribution is -2.39. The average molecular weight is 396 g/mol. The van der Waals surface area contributed by atoms with E-state index in [0.717, 1.165) is 31.7 Å². The predicted octanol–water partition coefficient (Wildman–Crippen LogP) is 1.71. The van der Waals surface area contributed by atoms with Crippen molar-refractivity contribution >= 4 is 27.3 Å². The molecule has 1 aromatic rings. The number of sulfonamides is 1. The van der Waals surface area contributed by atoms with Gasteiger partial charge in [-0.3, -0.25) is 14.9 Å². The SMILES string of the molecule is C[C@@H]1CCCN(S(=O)(=O)c2ccc(NCC(=O)NC3CC3)c([N+](=O)[O-])c2)C1. The van der Waals surface area contributed by atoms with Gasteiger partial charge in [0.05, 0.1) is 16.4 Å². The summed E-state index contributed by atoms with van der Waals surface area (Å²) in [4.78, 5) is 22.4. The fraction of sp³-hybridized carbons (Fsp3) is 0.588. The molecule has 1 heterocycles. The Labute approximate surface area is 158 Å². The largest absolute Gasteiger partial charge is 0.371 e. The highest BCUT2D eigenvalue weighted by molar-refractivity contribution is 7.89. The van der Waals surface area contributed by atoms with E-state index in [1.54, 1.807) is 0 Å². The molecule has 1 atom stereocenters. The molecule has 0 aromatic heterocycles. The van der Waals surface area contributed by atoms with Gasteiger partial charge < -0.3 is 10.6 Å². The number of hydrogen-bond donors (Lipinski definition) is 2. The molecule has 10 heteroatoms. The van der Waals surface area contributed by atoms with Gasteiger partial charge in [0.2, 0.25) is 15.9 Å². The van der Waals surface area contributed by atoms with E-state index >= 15 is 0 Å². The van der Waals surface area contributed by atoms with Crippen LogP contribution < -0.4 is 10.6 Å². The maximum Gasteiger partial charge on any atom is 0.293 e. The normalized spacial score (nSPS) is 20.9. The third-order valence-electron chi connectivity index (χ3n) is 4.81. The number of nitrogens with one attached hydrogen (secondary N) is 2. The van der Waals surface area contributed by atoms with Gasteiger partial charge in [-0.1, -0.05) is 6.92 Å². The molecule has 1 saturated carbocycles. The van der Waals surface area contributed by atoms with Crippen molar-refractivity contribution in [3.05, 3.63) is 28.3 Å². The first-order valence-corrected chi connectivity index (χ1v) is 10.5. The zero-order valence-electron chi connectivity index (χ0n) is 15.2. The van der Waals surface area contributed by atoms with Crippen LogP contribution in [-0.4, -0.2) is 49.2 Å². The van der Waals surface area contributed by atoms with Gasteiger partial charge in [0.15, 0.2) is 0 Å². The zero-order valence-corrected chi connectivity index (χ0v) is 16.0. The van der Waals surface area contributed by atoms with Gasteiger partial charge in [0.1, 0.15) is 5.69 Å². The Balaban J connectivity index is 1.77. The van der Waals surface area contributed by atoms with Crippen LogP contribution >= 0.6 is 0 Å². The third-order valence-corrected chi connectivity index (χ3v) is 6.67. The van der Waals surface area contributed by atoms with Crippen molar-refractivity contribution in [1.82, 2.24) is 9.62 Å². The highest BCUT2D eigenvalue weighted by Gasteiger charge is 2.30. The molecule has 2 N–H and O–H groups in total. The van der Waals surface area contributed by atoms with E-state index in [9.17, 15) is 23.3 Å². The van der Waals surface area contributed by atoms with Crippen molar-refractivity contribution in [3.63, 3.8) is 0 Å². The summed E-state index contributed by atoms with van der Waals surface area (Å²) in [5, 5.41) is 16.9. The number of anilines is 1. The molecule has 0 bridgehead atoms. The first kappa shape index (κ1) is 19.6. The summed E-state index contributed by atoms with van der Waals surface area (Å²) in [6, 6.07) is 3.97. The lowest BCUT2D eigenvalue weighted by atomic mass is 10.0. The smallest absolute Gasteiger partial charge is 0.293 e. The minimum absolute atomic E-state index is 0.101. The standard InChI is InChI=1S/C17H24N4O5S/c1-12-3-2-8-20(11-12)27(25,26)14-6-7-15(16(9-14)21(23)24)18-10-17(22)19-13-4-5-13/h6-7,9,12-13,18H,2-5,8,10-11H2,1H3,(H,19,22)/t12-/m1/s1. The molecule has 2 fully saturated rings. The number of amides is 1. The molecule has 0 radical (unpaired) electrons. The summed E-state index contributed by atoms with van der Waals surface area (Å²) in [5.74, 6) is 0.0141. The summed E-state index contributed by atoms with van der Waals surface area (Å²) in [7, 11) is -3.78. The van der Waals surface area contributed by atoms with E-state index in [2.05, 4.69) is 10.6 Å². The molecule has 1 saturated heterocycles. The van der Waals surface area contributed by atoms with Crippen molar-refractivity contribution < 1.29 is 18.1 Å². The second-order valence-electron chi connectivity index (χ2n) is 7.24. The molecule has 0 unspecified atom stereocenters. The van der Waals surface area contributed by atoms with Crippen molar-refractivity contribution in [2.24, 2.45) is 5.92 Å². The number of carbonyl (C=O) groups excluding carboxylic acids is 1. The van der Waals surface area contributed by atoms with Crippen LogP contribution in [0.4, 0.5) is 11.4 Å². The molecule has 1 amide bonds. The Morgan fingerprint density at radius 3 is 2.70 bits per heavy atom. The number of rotatable bonds is 7.